The molecule has 1 N–H and O–H groups in total. The summed E-state index contributed by atoms with van der Waals surface area (Å²) in [5.74, 6) is 2.24. The molecule has 1 aliphatic rings. The molecule has 3 heterocycles. The molecule has 27 heavy (non-hydrogen) atoms. The smallest absolute Gasteiger partial charge is 0.230 e. The zero-order valence-corrected chi connectivity index (χ0v) is 15.9. The largest absolute Gasteiger partial charge is 0.353 e. The number of fused-ring (bicyclic) bond motifs is 1. The van der Waals surface area contributed by atoms with Crippen LogP contribution in [0.2, 0.25) is 0 Å². The minimum absolute atomic E-state index is 0.0222. The van der Waals surface area contributed by atoms with Gasteiger partial charge in [0, 0.05) is 31.6 Å². The maximum absolute atomic E-state index is 12.3. The topological polar surface area (TPSA) is 90.5 Å². The van der Waals surface area contributed by atoms with Crippen LogP contribution < -0.4 is 5.32 Å². The van der Waals surface area contributed by atoms with Gasteiger partial charge in [0.1, 0.15) is 12.2 Å². The van der Waals surface area contributed by atoms with Crippen LogP contribution in [0.3, 0.4) is 0 Å². The number of rotatable bonds is 5. The van der Waals surface area contributed by atoms with Crippen LogP contribution in [0.1, 0.15) is 18.7 Å². The predicted octanol–water partition coefficient (Wildman–Crippen LogP) is 1.69. The van der Waals surface area contributed by atoms with Crippen molar-refractivity contribution in [3.05, 3.63) is 42.5 Å². The Morgan fingerprint density at radius 2 is 2.07 bits per heavy atom. The Morgan fingerprint density at radius 3 is 2.85 bits per heavy atom. The lowest BCUT2D eigenvalue weighted by molar-refractivity contribution is -0.119. The van der Waals surface area contributed by atoms with E-state index in [2.05, 4.69) is 30.3 Å². The fraction of sp³-hybridized carbons (Fsp3) is 0.389. The minimum atomic E-state index is 0.0222. The first kappa shape index (κ1) is 17.7. The number of aryl methyl sites for hydroxylation is 2. The summed E-state index contributed by atoms with van der Waals surface area (Å²) >= 11 is 1.39. The van der Waals surface area contributed by atoms with Gasteiger partial charge in [-0.3, -0.25) is 4.79 Å². The van der Waals surface area contributed by atoms with Crippen LogP contribution in [0, 0.1) is 0 Å². The quantitative estimate of drug-likeness (QED) is 0.674. The lowest BCUT2D eigenvalue weighted by Crippen LogP contribution is -2.36. The molecule has 140 valence electrons. The SMILES string of the molecule is Cn1cnnc1SCC(=O)NC1CCc2nnc(-c3ccccc3)n2CC1. The lowest BCUT2D eigenvalue weighted by Gasteiger charge is -2.16. The zero-order valence-electron chi connectivity index (χ0n) is 15.1. The molecule has 8 nitrogen and oxygen atoms in total. The van der Waals surface area contributed by atoms with Gasteiger partial charge >= 0.3 is 0 Å². The number of benzene rings is 1. The Kier molecular flexibility index (Phi) is 5.19. The van der Waals surface area contributed by atoms with E-state index in [1.54, 1.807) is 10.9 Å². The second-order valence-electron chi connectivity index (χ2n) is 6.56. The van der Waals surface area contributed by atoms with Crippen LogP contribution in [0.15, 0.2) is 41.8 Å². The molecule has 0 spiro atoms. The van der Waals surface area contributed by atoms with E-state index < -0.39 is 0 Å². The summed E-state index contributed by atoms with van der Waals surface area (Å²) < 4.78 is 3.98. The molecule has 1 aromatic carbocycles. The van der Waals surface area contributed by atoms with Gasteiger partial charge in [-0.1, -0.05) is 42.1 Å². The van der Waals surface area contributed by atoms with Gasteiger partial charge in [0.15, 0.2) is 11.0 Å². The van der Waals surface area contributed by atoms with E-state index in [4.69, 9.17) is 0 Å². The summed E-state index contributed by atoms with van der Waals surface area (Å²) in [7, 11) is 1.87. The van der Waals surface area contributed by atoms with Crippen molar-refractivity contribution in [1.29, 1.82) is 0 Å². The van der Waals surface area contributed by atoms with E-state index in [1.165, 1.54) is 11.8 Å². The third kappa shape index (κ3) is 4.02. The summed E-state index contributed by atoms with van der Waals surface area (Å²) in [6.45, 7) is 0.800. The highest BCUT2D eigenvalue weighted by Crippen LogP contribution is 2.22. The highest BCUT2D eigenvalue weighted by Gasteiger charge is 2.22. The average molecular weight is 383 g/mol. The molecule has 0 saturated carbocycles. The standard InChI is InChI=1S/C18H21N7OS/c1-24-12-19-23-18(24)27-11-16(26)20-14-7-8-15-21-22-17(25(15)10-9-14)13-5-3-2-4-6-13/h2-6,12,14H,7-11H2,1H3,(H,20,26). The van der Waals surface area contributed by atoms with Gasteiger partial charge in [0.25, 0.3) is 0 Å². The Labute approximate surface area is 161 Å². The van der Waals surface area contributed by atoms with Gasteiger partial charge in [-0.15, -0.1) is 20.4 Å². The van der Waals surface area contributed by atoms with Gasteiger partial charge in [0.05, 0.1) is 5.75 Å². The number of aromatic nitrogens is 6. The van der Waals surface area contributed by atoms with E-state index in [-0.39, 0.29) is 11.9 Å². The maximum atomic E-state index is 12.3. The number of amides is 1. The number of nitrogens with one attached hydrogen (secondary N) is 1. The average Bonchev–Trinajstić information content (AvgIpc) is 3.23. The van der Waals surface area contributed by atoms with Crippen LogP contribution in [-0.2, 0) is 24.8 Å². The minimum Gasteiger partial charge on any atom is -0.353 e. The van der Waals surface area contributed by atoms with Crippen molar-refractivity contribution >= 4 is 17.7 Å². The zero-order chi connectivity index (χ0) is 18.6. The van der Waals surface area contributed by atoms with Crippen LogP contribution in [0.5, 0.6) is 0 Å². The first-order valence-electron chi connectivity index (χ1n) is 8.94. The molecular formula is C18H21N7OS. The van der Waals surface area contributed by atoms with Gasteiger partial charge < -0.3 is 14.5 Å². The highest BCUT2D eigenvalue weighted by molar-refractivity contribution is 7.99. The summed E-state index contributed by atoms with van der Waals surface area (Å²) in [5.41, 5.74) is 1.07. The molecule has 0 fully saturated rings. The van der Waals surface area contributed by atoms with Crippen molar-refractivity contribution < 1.29 is 4.79 Å². The third-order valence-corrected chi connectivity index (χ3v) is 5.68. The maximum Gasteiger partial charge on any atom is 0.230 e. The predicted molar refractivity (Wildman–Crippen MR) is 102 cm³/mol. The van der Waals surface area contributed by atoms with Gasteiger partial charge in [-0.25, -0.2) is 0 Å². The van der Waals surface area contributed by atoms with Gasteiger partial charge in [-0.2, -0.15) is 0 Å². The number of thioether (sulfide) groups is 1. The first-order valence-corrected chi connectivity index (χ1v) is 9.93. The normalized spacial score (nSPS) is 16.6. The molecule has 1 aliphatic heterocycles. The fourth-order valence-electron chi connectivity index (χ4n) is 3.24. The van der Waals surface area contributed by atoms with Crippen LogP contribution in [0.4, 0.5) is 0 Å². The van der Waals surface area contributed by atoms with E-state index >= 15 is 0 Å². The van der Waals surface area contributed by atoms with Crippen LogP contribution in [-0.4, -0.2) is 47.2 Å². The van der Waals surface area contributed by atoms with E-state index in [0.717, 1.165) is 48.2 Å². The second kappa shape index (κ2) is 7.91. The molecule has 2 aromatic heterocycles. The Balaban J connectivity index is 1.35. The summed E-state index contributed by atoms with van der Waals surface area (Å²) in [6.07, 6.45) is 4.17. The Morgan fingerprint density at radius 1 is 1.22 bits per heavy atom. The number of carbonyl (C=O) groups excluding carboxylic acids is 1. The monoisotopic (exact) mass is 383 g/mol. The van der Waals surface area contributed by atoms with Crippen LogP contribution >= 0.6 is 11.8 Å². The van der Waals surface area contributed by atoms with Crippen molar-refractivity contribution in [1.82, 2.24) is 34.8 Å². The first-order chi connectivity index (χ1) is 13.2. The Bertz CT molecular complexity index is 921. The highest BCUT2D eigenvalue weighted by atomic mass is 32.2. The molecule has 4 rings (SSSR count). The van der Waals surface area contributed by atoms with Crippen molar-refractivity contribution in [2.24, 2.45) is 7.05 Å². The summed E-state index contributed by atoms with van der Waals surface area (Å²) in [5, 5.41) is 20.4. The van der Waals surface area contributed by atoms with Crippen molar-refractivity contribution in [3.63, 3.8) is 0 Å². The van der Waals surface area contributed by atoms with E-state index in [0.29, 0.717) is 5.75 Å². The van der Waals surface area contributed by atoms with E-state index in [1.807, 2.05) is 37.4 Å². The van der Waals surface area contributed by atoms with E-state index in [9.17, 15) is 4.79 Å². The number of hydrogen-bond acceptors (Lipinski definition) is 6. The van der Waals surface area contributed by atoms with Crippen molar-refractivity contribution in [3.8, 4) is 11.4 Å². The molecular weight excluding hydrogens is 362 g/mol. The molecule has 1 amide bonds. The molecule has 1 unspecified atom stereocenters. The fourth-order valence-corrected chi connectivity index (χ4v) is 3.93. The summed E-state index contributed by atoms with van der Waals surface area (Å²) in [6, 6.07) is 10.2. The lowest BCUT2D eigenvalue weighted by atomic mass is 10.1. The van der Waals surface area contributed by atoms with Gasteiger partial charge in [0.2, 0.25) is 5.91 Å². The molecule has 3 aromatic rings. The number of carbonyl (C=O) groups is 1. The molecule has 9 heteroatoms. The molecule has 0 saturated heterocycles. The molecule has 0 radical (unpaired) electrons. The van der Waals surface area contributed by atoms with Crippen molar-refractivity contribution in [2.75, 3.05) is 5.75 Å². The number of nitrogens with zero attached hydrogens (tertiary/aromatic N) is 6. The van der Waals surface area contributed by atoms with Gasteiger partial charge in [-0.05, 0) is 12.8 Å². The second-order valence-corrected chi connectivity index (χ2v) is 7.50. The van der Waals surface area contributed by atoms with Crippen LogP contribution in [0.25, 0.3) is 11.4 Å². The third-order valence-electron chi connectivity index (χ3n) is 4.64. The molecule has 1 atom stereocenters. The number of hydrogen-bond donors (Lipinski definition) is 1. The molecule has 0 aliphatic carbocycles. The Hall–Kier alpha value is -2.68. The summed E-state index contributed by atoms with van der Waals surface area (Å²) in [4.78, 5) is 12.3. The molecule has 0 bridgehead atoms. The van der Waals surface area contributed by atoms with Crippen molar-refractivity contribution in [2.45, 2.75) is 37.0 Å².